The highest BCUT2D eigenvalue weighted by Crippen LogP contribution is 2.28. The van der Waals surface area contributed by atoms with E-state index in [2.05, 4.69) is 37.8 Å². The van der Waals surface area contributed by atoms with E-state index < -0.39 is 0 Å². The topological polar surface area (TPSA) is 85.1 Å². The first-order valence-corrected chi connectivity index (χ1v) is 12.8. The van der Waals surface area contributed by atoms with Crippen LogP contribution in [0.25, 0.3) is 28.2 Å². The highest BCUT2D eigenvalue weighted by atomic mass is 35.5. The third kappa shape index (κ3) is 6.11. The lowest BCUT2D eigenvalue weighted by Crippen LogP contribution is -2.20. The van der Waals surface area contributed by atoms with Crippen LogP contribution in [-0.4, -0.2) is 37.6 Å². The Balaban J connectivity index is 1.24. The van der Waals surface area contributed by atoms with Crippen molar-refractivity contribution in [2.24, 2.45) is 5.10 Å². The molecule has 0 spiro atoms. The van der Waals surface area contributed by atoms with E-state index in [-0.39, 0.29) is 11.7 Å². The van der Waals surface area contributed by atoms with Crippen LogP contribution in [0.2, 0.25) is 5.02 Å². The van der Waals surface area contributed by atoms with Gasteiger partial charge in [-0.15, -0.1) is 10.2 Å². The lowest BCUT2D eigenvalue weighted by molar-refractivity contribution is -0.118. The third-order valence-corrected chi connectivity index (χ3v) is 6.59. The van der Waals surface area contributed by atoms with Crippen molar-refractivity contribution < 1.29 is 4.79 Å². The summed E-state index contributed by atoms with van der Waals surface area (Å²) in [6.45, 7) is 0. The monoisotopic (exact) mass is 524 g/mol. The number of benzene rings is 3. The lowest BCUT2D eigenvalue weighted by atomic mass is 10.0. The Labute approximate surface area is 223 Å². The second-order valence-electron chi connectivity index (χ2n) is 7.92. The highest BCUT2D eigenvalue weighted by molar-refractivity contribution is 7.99. The van der Waals surface area contributed by atoms with Crippen molar-refractivity contribution in [2.75, 3.05) is 5.75 Å². The molecule has 0 aliphatic heterocycles. The molecule has 0 saturated heterocycles. The van der Waals surface area contributed by atoms with Crippen molar-refractivity contribution >= 4 is 35.5 Å². The van der Waals surface area contributed by atoms with Gasteiger partial charge in [0.1, 0.15) is 0 Å². The average Bonchev–Trinajstić information content (AvgIpc) is 3.38. The quantitative estimate of drug-likeness (QED) is 0.155. The van der Waals surface area contributed by atoms with E-state index in [9.17, 15) is 4.79 Å². The standard InChI is InChI=1S/C28H21ClN6OS/c29-24-10-12-25(13-11-24)35-27(23-14-16-30-17-15-23)33-34-28(35)37-19-26(36)32-31-18-20-6-8-22(9-7-20)21-4-2-1-3-5-21/h1-18H,19H2,(H,32,36). The smallest absolute Gasteiger partial charge is 0.250 e. The summed E-state index contributed by atoms with van der Waals surface area (Å²) in [4.78, 5) is 16.6. The van der Waals surface area contributed by atoms with Gasteiger partial charge in [-0.2, -0.15) is 5.10 Å². The number of nitrogens with zero attached hydrogens (tertiary/aromatic N) is 5. The maximum atomic E-state index is 12.5. The molecular formula is C28H21ClN6OS. The van der Waals surface area contributed by atoms with Gasteiger partial charge in [-0.05, 0) is 53.1 Å². The Morgan fingerprint density at radius 2 is 1.57 bits per heavy atom. The normalized spacial score (nSPS) is 11.1. The van der Waals surface area contributed by atoms with Gasteiger partial charge >= 0.3 is 0 Å². The molecule has 37 heavy (non-hydrogen) atoms. The molecule has 0 fully saturated rings. The first-order valence-electron chi connectivity index (χ1n) is 11.4. The van der Waals surface area contributed by atoms with E-state index in [0.29, 0.717) is 16.0 Å². The third-order valence-electron chi connectivity index (χ3n) is 5.41. The molecule has 0 radical (unpaired) electrons. The number of hydrazone groups is 1. The van der Waals surface area contributed by atoms with Gasteiger partial charge < -0.3 is 0 Å². The van der Waals surface area contributed by atoms with Gasteiger partial charge in [0.05, 0.1) is 12.0 Å². The van der Waals surface area contributed by atoms with Crippen molar-refractivity contribution in [3.63, 3.8) is 0 Å². The van der Waals surface area contributed by atoms with Crippen LogP contribution in [0.4, 0.5) is 0 Å². The molecule has 2 heterocycles. The first-order chi connectivity index (χ1) is 18.2. The van der Waals surface area contributed by atoms with Crippen molar-refractivity contribution in [3.8, 4) is 28.2 Å². The molecular weight excluding hydrogens is 504 g/mol. The average molecular weight is 525 g/mol. The van der Waals surface area contributed by atoms with Crippen LogP contribution in [0.5, 0.6) is 0 Å². The molecule has 2 aromatic heterocycles. The summed E-state index contributed by atoms with van der Waals surface area (Å²) in [6.07, 6.45) is 5.02. The Kier molecular flexibility index (Phi) is 7.69. The molecule has 5 aromatic rings. The zero-order valence-corrected chi connectivity index (χ0v) is 21.1. The summed E-state index contributed by atoms with van der Waals surface area (Å²) in [5, 5.41) is 14.0. The van der Waals surface area contributed by atoms with Gasteiger partial charge in [0.2, 0.25) is 0 Å². The SMILES string of the molecule is O=C(CSc1nnc(-c2ccncc2)n1-c1ccc(Cl)cc1)NN=Cc1ccc(-c2ccccc2)cc1. The fourth-order valence-corrected chi connectivity index (χ4v) is 4.48. The number of hydrogen-bond acceptors (Lipinski definition) is 6. The van der Waals surface area contributed by atoms with Crippen LogP contribution in [0.15, 0.2) is 114 Å². The molecule has 182 valence electrons. The molecule has 0 unspecified atom stereocenters. The second-order valence-corrected chi connectivity index (χ2v) is 9.30. The number of rotatable bonds is 8. The van der Waals surface area contributed by atoms with E-state index in [4.69, 9.17) is 11.6 Å². The van der Waals surface area contributed by atoms with Gasteiger partial charge in [-0.1, -0.05) is 78.0 Å². The van der Waals surface area contributed by atoms with E-state index in [1.807, 2.05) is 71.3 Å². The minimum Gasteiger partial charge on any atom is -0.272 e. The number of amides is 1. The van der Waals surface area contributed by atoms with Crippen LogP contribution in [-0.2, 0) is 4.79 Å². The van der Waals surface area contributed by atoms with Crippen molar-refractivity contribution in [2.45, 2.75) is 5.16 Å². The second kappa shape index (κ2) is 11.6. The molecule has 1 N–H and O–H groups in total. The van der Waals surface area contributed by atoms with E-state index in [1.165, 1.54) is 11.8 Å². The zero-order valence-electron chi connectivity index (χ0n) is 19.5. The predicted molar refractivity (Wildman–Crippen MR) is 148 cm³/mol. The number of aromatic nitrogens is 4. The van der Waals surface area contributed by atoms with Gasteiger partial charge in [0.25, 0.3) is 5.91 Å². The Hall–Kier alpha value is -4.27. The summed E-state index contributed by atoms with van der Waals surface area (Å²) >= 11 is 7.35. The maximum Gasteiger partial charge on any atom is 0.250 e. The summed E-state index contributed by atoms with van der Waals surface area (Å²) in [7, 11) is 0. The number of halogens is 1. The fraction of sp³-hybridized carbons (Fsp3) is 0.0357. The molecule has 0 aliphatic rings. The number of hydrogen-bond donors (Lipinski definition) is 1. The summed E-state index contributed by atoms with van der Waals surface area (Å²) in [5.41, 5.74) is 7.43. The minimum atomic E-state index is -0.252. The summed E-state index contributed by atoms with van der Waals surface area (Å²) in [5.74, 6) is 0.509. The molecule has 0 aliphatic carbocycles. The first kappa shape index (κ1) is 24.4. The Morgan fingerprint density at radius 3 is 2.30 bits per heavy atom. The van der Waals surface area contributed by atoms with Crippen molar-refractivity contribution in [1.82, 2.24) is 25.2 Å². The summed E-state index contributed by atoms with van der Waals surface area (Å²) in [6, 6.07) is 29.2. The maximum absolute atomic E-state index is 12.5. The van der Waals surface area contributed by atoms with Crippen LogP contribution in [0.3, 0.4) is 0 Å². The van der Waals surface area contributed by atoms with Crippen LogP contribution >= 0.6 is 23.4 Å². The fourth-order valence-electron chi connectivity index (χ4n) is 3.61. The summed E-state index contributed by atoms with van der Waals surface area (Å²) < 4.78 is 1.89. The van der Waals surface area contributed by atoms with Crippen molar-refractivity contribution in [3.05, 3.63) is 114 Å². The lowest BCUT2D eigenvalue weighted by Gasteiger charge is -2.10. The molecule has 0 bridgehead atoms. The van der Waals surface area contributed by atoms with Crippen LogP contribution in [0.1, 0.15) is 5.56 Å². The van der Waals surface area contributed by atoms with E-state index in [0.717, 1.165) is 27.9 Å². The largest absolute Gasteiger partial charge is 0.272 e. The number of carbonyl (C=O) groups is 1. The van der Waals surface area contributed by atoms with E-state index >= 15 is 0 Å². The highest BCUT2D eigenvalue weighted by Gasteiger charge is 2.17. The molecule has 1 amide bonds. The van der Waals surface area contributed by atoms with Crippen LogP contribution in [0, 0.1) is 0 Å². The number of thioether (sulfide) groups is 1. The number of nitrogens with one attached hydrogen (secondary N) is 1. The molecule has 0 atom stereocenters. The minimum absolute atomic E-state index is 0.117. The van der Waals surface area contributed by atoms with Gasteiger partial charge in [-0.3, -0.25) is 14.3 Å². The molecule has 0 saturated carbocycles. The zero-order chi connectivity index (χ0) is 25.5. The van der Waals surface area contributed by atoms with Crippen molar-refractivity contribution in [1.29, 1.82) is 0 Å². The molecule has 3 aromatic carbocycles. The molecule has 7 nitrogen and oxygen atoms in total. The predicted octanol–water partition coefficient (Wildman–Crippen LogP) is 5.89. The van der Waals surface area contributed by atoms with Gasteiger partial charge in [-0.25, -0.2) is 5.43 Å². The molecule has 5 rings (SSSR count). The Morgan fingerprint density at radius 1 is 0.865 bits per heavy atom. The van der Waals surface area contributed by atoms with Gasteiger partial charge in [0.15, 0.2) is 11.0 Å². The van der Waals surface area contributed by atoms with Gasteiger partial charge in [0, 0.05) is 28.7 Å². The number of carbonyl (C=O) groups excluding carboxylic acids is 1. The van der Waals surface area contributed by atoms with Crippen LogP contribution < -0.4 is 5.43 Å². The molecule has 9 heteroatoms. The Bertz CT molecular complexity index is 1500. The van der Waals surface area contributed by atoms with E-state index in [1.54, 1.807) is 30.7 Å². The number of pyridine rings is 1.